The fraction of sp³-hybridized carbons (Fsp3) is 0.333. The van der Waals surface area contributed by atoms with Crippen molar-refractivity contribution < 1.29 is 18.0 Å². The van der Waals surface area contributed by atoms with Gasteiger partial charge in [0.25, 0.3) is 0 Å². The molecule has 2 heterocycles. The maximum atomic E-state index is 13.2. The summed E-state index contributed by atoms with van der Waals surface area (Å²) in [6.45, 7) is 2.73. The van der Waals surface area contributed by atoms with Gasteiger partial charge in [-0.2, -0.15) is 13.2 Å². The van der Waals surface area contributed by atoms with E-state index in [2.05, 4.69) is 15.2 Å². The van der Waals surface area contributed by atoms with Crippen LogP contribution in [-0.4, -0.2) is 37.5 Å². The highest BCUT2D eigenvalue weighted by atomic mass is 32.2. The van der Waals surface area contributed by atoms with E-state index in [0.29, 0.717) is 17.5 Å². The van der Waals surface area contributed by atoms with Gasteiger partial charge in [-0.25, -0.2) is 0 Å². The van der Waals surface area contributed by atoms with Crippen molar-refractivity contribution in [3.63, 3.8) is 0 Å². The molecule has 0 aliphatic carbocycles. The van der Waals surface area contributed by atoms with Crippen molar-refractivity contribution in [2.45, 2.75) is 44.6 Å². The third kappa shape index (κ3) is 5.27. The number of nitrogens with zero attached hydrogens (tertiary/aromatic N) is 4. The summed E-state index contributed by atoms with van der Waals surface area (Å²) in [5.74, 6) is -0.0713. The van der Waals surface area contributed by atoms with Crippen LogP contribution in [0.1, 0.15) is 35.3 Å². The van der Waals surface area contributed by atoms with E-state index in [1.54, 1.807) is 12.1 Å². The number of alkyl halides is 3. The molecule has 0 amide bonds. The molecule has 0 aliphatic heterocycles. The molecule has 1 aromatic carbocycles. The second kappa shape index (κ2) is 9.42. The highest BCUT2D eigenvalue weighted by Gasteiger charge is 2.31. The minimum atomic E-state index is -4.45. The first-order chi connectivity index (χ1) is 14.3. The van der Waals surface area contributed by atoms with Crippen LogP contribution < -0.4 is 0 Å². The van der Waals surface area contributed by atoms with E-state index in [-0.39, 0.29) is 22.5 Å². The number of carbonyl (C=O) groups excluding carboxylic acids is 1. The maximum Gasteiger partial charge on any atom is 0.406 e. The number of ketones is 1. The molecule has 3 aromatic rings. The van der Waals surface area contributed by atoms with Gasteiger partial charge < -0.3 is 0 Å². The highest BCUT2D eigenvalue weighted by molar-refractivity contribution is 7.99. The molecule has 3 rings (SSSR count). The summed E-state index contributed by atoms with van der Waals surface area (Å²) in [4.78, 5) is 16.7. The van der Waals surface area contributed by atoms with Gasteiger partial charge in [0.1, 0.15) is 6.54 Å². The number of hydrogen-bond donors (Lipinski definition) is 0. The van der Waals surface area contributed by atoms with Crippen molar-refractivity contribution in [2.24, 2.45) is 0 Å². The normalized spacial score (nSPS) is 11.6. The van der Waals surface area contributed by atoms with E-state index < -0.39 is 12.7 Å². The van der Waals surface area contributed by atoms with E-state index in [0.717, 1.165) is 33.9 Å². The molecule has 0 aliphatic rings. The average Bonchev–Trinajstić information content (AvgIpc) is 3.12. The Bertz CT molecular complexity index is 1020. The summed E-state index contributed by atoms with van der Waals surface area (Å²) in [6, 6.07) is 8.93. The number of aromatic nitrogens is 4. The molecule has 0 unspecified atom stereocenters. The topological polar surface area (TPSA) is 60.7 Å². The second-order valence-corrected chi connectivity index (χ2v) is 7.60. The molecular formula is C21H21F3N4OS. The van der Waals surface area contributed by atoms with Crippen LogP contribution >= 0.6 is 11.8 Å². The van der Waals surface area contributed by atoms with Crippen LogP contribution in [-0.2, 0) is 19.4 Å². The van der Waals surface area contributed by atoms with Crippen LogP contribution in [0.15, 0.2) is 47.9 Å². The largest absolute Gasteiger partial charge is 0.406 e. The summed E-state index contributed by atoms with van der Waals surface area (Å²) >= 11 is 0.963. The van der Waals surface area contributed by atoms with Crippen molar-refractivity contribution in [3.05, 3.63) is 59.4 Å². The summed E-state index contributed by atoms with van der Waals surface area (Å²) in [7, 11) is 0. The number of Topliss-reactive ketones (excluding diaryl/α,β-unsaturated/α-hetero) is 1. The molecule has 0 saturated carbocycles. The van der Waals surface area contributed by atoms with E-state index in [4.69, 9.17) is 0 Å². The minimum absolute atomic E-state index is 0.0213. The Morgan fingerprint density at radius 2 is 1.80 bits per heavy atom. The molecule has 0 atom stereocenters. The molecular weight excluding hydrogens is 413 g/mol. The summed E-state index contributed by atoms with van der Waals surface area (Å²) in [6.07, 6.45) is 0.00365. The lowest BCUT2D eigenvalue weighted by atomic mass is 9.98. The molecule has 0 fully saturated rings. The number of hydrogen-bond acceptors (Lipinski definition) is 5. The van der Waals surface area contributed by atoms with E-state index in [9.17, 15) is 18.0 Å². The fourth-order valence-electron chi connectivity index (χ4n) is 3.05. The highest BCUT2D eigenvalue weighted by Crippen LogP contribution is 2.29. The fourth-order valence-corrected chi connectivity index (χ4v) is 3.87. The second-order valence-electron chi connectivity index (χ2n) is 6.65. The molecule has 9 heteroatoms. The Labute approximate surface area is 176 Å². The first-order valence-electron chi connectivity index (χ1n) is 9.50. The number of rotatable bonds is 8. The third-order valence-corrected chi connectivity index (χ3v) is 5.56. The predicted molar refractivity (Wildman–Crippen MR) is 110 cm³/mol. The zero-order valence-corrected chi connectivity index (χ0v) is 17.4. The van der Waals surface area contributed by atoms with Crippen LogP contribution in [0.4, 0.5) is 13.2 Å². The van der Waals surface area contributed by atoms with Crippen LogP contribution in [0.25, 0.3) is 11.4 Å². The standard InChI is InChI=1S/C21H21F3N4OS/c1-3-14-5-6-15(4-2)17(11-14)18(29)12-30-20-27-26-19(16-7-9-25-10-8-16)28(20)13-21(22,23)24/h5-11H,3-4,12-13H2,1-2H3. The summed E-state index contributed by atoms with van der Waals surface area (Å²) in [5, 5.41) is 7.91. The van der Waals surface area contributed by atoms with E-state index in [1.807, 2.05) is 32.0 Å². The molecule has 0 spiro atoms. The molecule has 0 saturated heterocycles. The summed E-state index contributed by atoms with van der Waals surface area (Å²) in [5.41, 5.74) is 3.05. The van der Waals surface area contributed by atoms with Gasteiger partial charge in [-0.3, -0.25) is 14.3 Å². The average molecular weight is 434 g/mol. The van der Waals surface area contributed by atoms with Gasteiger partial charge in [0, 0.05) is 23.5 Å². The lowest BCUT2D eigenvalue weighted by Crippen LogP contribution is -2.19. The number of thioether (sulfide) groups is 1. The number of benzene rings is 1. The first-order valence-corrected chi connectivity index (χ1v) is 10.5. The van der Waals surface area contributed by atoms with Gasteiger partial charge in [0.15, 0.2) is 16.8 Å². The molecule has 30 heavy (non-hydrogen) atoms. The van der Waals surface area contributed by atoms with Crippen molar-refractivity contribution in [1.82, 2.24) is 19.7 Å². The van der Waals surface area contributed by atoms with E-state index in [1.165, 1.54) is 12.4 Å². The molecule has 0 radical (unpaired) electrons. The summed E-state index contributed by atoms with van der Waals surface area (Å²) < 4.78 is 40.5. The van der Waals surface area contributed by atoms with Gasteiger partial charge in [-0.05, 0) is 42.2 Å². The Morgan fingerprint density at radius 1 is 1.07 bits per heavy atom. The molecule has 0 N–H and O–H groups in total. The Kier molecular flexibility index (Phi) is 6.91. The Morgan fingerprint density at radius 3 is 2.43 bits per heavy atom. The maximum absolute atomic E-state index is 13.2. The predicted octanol–water partition coefficient (Wildman–Crippen LogP) is 5.00. The molecule has 158 valence electrons. The van der Waals surface area contributed by atoms with E-state index >= 15 is 0 Å². The Balaban J connectivity index is 1.87. The quantitative estimate of drug-likeness (QED) is 0.369. The SMILES string of the molecule is CCc1ccc(CC)c(C(=O)CSc2nnc(-c3ccncc3)n2CC(F)(F)F)c1. The zero-order valence-electron chi connectivity index (χ0n) is 16.6. The van der Waals surface area contributed by atoms with Gasteiger partial charge in [0.05, 0.1) is 5.75 Å². The monoisotopic (exact) mass is 434 g/mol. The molecule has 2 aromatic heterocycles. The lowest BCUT2D eigenvalue weighted by Gasteiger charge is -2.13. The van der Waals surface area contributed by atoms with Gasteiger partial charge in [-0.1, -0.05) is 37.7 Å². The Hall–Kier alpha value is -2.68. The van der Waals surface area contributed by atoms with Crippen molar-refractivity contribution in [2.75, 3.05) is 5.75 Å². The van der Waals surface area contributed by atoms with Crippen LogP contribution in [0.2, 0.25) is 0 Å². The number of carbonyl (C=O) groups is 1. The smallest absolute Gasteiger partial charge is 0.293 e. The van der Waals surface area contributed by atoms with Crippen molar-refractivity contribution in [1.29, 1.82) is 0 Å². The van der Waals surface area contributed by atoms with Gasteiger partial charge in [-0.15, -0.1) is 10.2 Å². The first kappa shape index (κ1) is 22.0. The van der Waals surface area contributed by atoms with Crippen molar-refractivity contribution >= 4 is 17.5 Å². The lowest BCUT2D eigenvalue weighted by molar-refractivity contribution is -0.141. The van der Waals surface area contributed by atoms with Gasteiger partial charge in [0.2, 0.25) is 0 Å². The number of aryl methyl sites for hydroxylation is 2. The van der Waals surface area contributed by atoms with Crippen LogP contribution in [0.5, 0.6) is 0 Å². The van der Waals surface area contributed by atoms with Crippen molar-refractivity contribution in [3.8, 4) is 11.4 Å². The van der Waals surface area contributed by atoms with Crippen LogP contribution in [0, 0.1) is 0 Å². The third-order valence-electron chi connectivity index (χ3n) is 4.59. The minimum Gasteiger partial charge on any atom is -0.293 e. The zero-order chi connectivity index (χ0) is 21.7. The molecule has 0 bridgehead atoms. The van der Waals surface area contributed by atoms with Gasteiger partial charge >= 0.3 is 6.18 Å². The molecule has 5 nitrogen and oxygen atoms in total. The van der Waals surface area contributed by atoms with Crippen LogP contribution in [0.3, 0.4) is 0 Å². The number of halogens is 3. The number of pyridine rings is 1.